The van der Waals surface area contributed by atoms with Crippen molar-refractivity contribution in [2.45, 2.75) is 18.2 Å². The number of nitrogens with one attached hydrogen (secondary N) is 1. The van der Waals surface area contributed by atoms with E-state index in [0.29, 0.717) is 22.5 Å². The zero-order valence-corrected chi connectivity index (χ0v) is 30.7. The molecule has 1 aliphatic rings. The van der Waals surface area contributed by atoms with Crippen LogP contribution in [0.3, 0.4) is 0 Å². The van der Waals surface area contributed by atoms with Gasteiger partial charge in [-0.25, -0.2) is 14.4 Å². The first-order valence-corrected chi connectivity index (χ1v) is 18.7. The molecule has 0 saturated carbocycles. The highest BCUT2D eigenvalue weighted by molar-refractivity contribution is 6.20. The molecule has 57 heavy (non-hydrogen) atoms. The first-order valence-electron chi connectivity index (χ1n) is 18.7. The summed E-state index contributed by atoms with van der Waals surface area (Å²) in [6.07, 6.45) is 2.39. The Hall–Kier alpha value is -7.45. The summed E-state index contributed by atoms with van der Waals surface area (Å²) in [5.41, 5.74) is 4.78. The standard InChI is InChI=1S/C49H36FN5O2/c50-43-26-14-12-24-41(43)45-42-25-13-15-27-44(42)55(48(57)46(52-45)53-47(56)36-29-28-34-16-10-11-17-35(34)30-36)32-40-31-54(33-51-40)49(37-18-4-1-5-19-37,38-20-6-2-7-21-38)39-22-8-3-9-23-39/h1-31,33,46H,32H2,(H,53,56). The molecule has 0 fully saturated rings. The van der Waals surface area contributed by atoms with Gasteiger partial charge in [-0.2, -0.15) is 0 Å². The Balaban J connectivity index is 1.15. The van der Waals surface area contributed by atoms with Gasteiger partial charge in [0.1, 0.15) is 11.4 Å². The van der Waals surface area contributed by atoms with Gasteiger partial charge in [0.15, 0.2) is 0 Å². The Kier molecular flexibility index (Phi) is 9.28. The highest BCUT2D eigenvalue weighted by atomic mass is 19.1. The van der Waals surface area contributed by atoms with Gasteiger partial charge in [0.05, 0.1) is 30.0 Å². The van der Waals surface area contributed by atoms with Crippen LogP contribution in [0.1, 0.15) is 43.9 Å². The molecule has 1 unspecified atom stereocenters. The van der Waals surface area contributed by atoms with E-state index in [0.717, 1.165) is 27.5 Å². The summed E-state index contributed by atoms with van der Waals surface area (Å²) >= 11 is 0. The van der Waals surface area contributed by atoms with E-state index in [1.54, 1.807) is 41.6 Å². The van der Waals surface area contributed by atoms with E-state index in [1.165, 1.54) is 6.07 Å². The minimum absolute atomic E-state index is 0.0414. The van der Waals surface area contributed by atoms with E-state index < -0.39 is 29.3 Å². The van der Waals surface area contributed by atoms with Crippen molar-refractivity contribution in [1.29, 1.82) is 0 Å². The molecule has 0 aliphatic carbocycles. The minimum atomic E-state index is -1.38. The molecule has 0 bridgehead atoms. The number of aliphatic imine (C=N–C) groups is 1. The summed E-state index contributed by atoms with van der Waals surface area (Å²) in [5, 5.41) is 4.75. The van der Waals surface area contributed by atoms with Crippen LogP contribution in [0.5, 0.6) is 0 Å². The van der Waals surface area contributed by atoms with Gasteiger partial charge in [0.2, 0.25) is 6.17 Å². The summed E-state index contributed by atoms with van der Waals surface area (Å²) < 4.78 is 17.7. The molecule has 0 saturated heterocycles. The number of benzene rings is 7. The summed E-state index contributed by atoms with van der Waals surface area (Å²) in [6, 6.07) is 57.5. The van der Waals surface area contributed by atoms with Gasteiger partial charge in [0.25, 0.3) is 11.8 Å². The van der Waals surface area contributed by atoms with E-state index >= 15 is 4.39 Å². The number of carbonyl (C=O) groups excluding carboxylic acids is 2. The molecule has 8 heteroatoms. The van der Waals surface area contributed by atoms with Crippen molar-refractivity contribution in [1.82, 2.24) is 14.9 Å². The fourth-order valence-electron chi connectivity index (χ4n) is 7.87. The second-order valence-electron chi connectivity index (χ2n) is 13.9. The number of rotatable bonds is 9. The first-order chi connectivity index (χ1) is 28.0. The van der Waals surface area contributed by atoms with E-state index in [4.69, 9.17) is 9.98 Å². The normalized spacial score (nSPS) is 14.1. The number of imidazole rings is 1. The molecule has 1 N–H and O–H groups in total. The molecule has 2 heterocycles. The van der Waals surface area contributed by atoms with E-state index in [9.17, 15) is 9.59 Å². The topological polar surface area (TPSA) is 79.6 Å². The van der Waals surface area contributed by atoms with Crippen LogP contribution in [-0.2, 0) is 16.9 Å². The van der Waals surface area contributed by atoms with Gasteiger partial charge in [-0.1, -0.05) is 152 Å². The molecule has 2 amide bonds. The predicted octanol–water partition coefficient (Wildman–Crippen LogP) is 9.16. The summed E-state index contributed by atoms with van der Waals surface area (Å²) in [4.78, 5) is 40.2. The average molecular weight is 746 g/mol. The maximum absolute atomic E-state index is 15.6. The molecule has 7 nitrogen and oxygen atoms in total. The Labute approximate surface area is 329 Å². The monoisotopic (exact) mass is 745 g/mol. The molecular formula is C49H36FN5O2. The van der Waals surface area contributed by atoms with Crippen molar-refractivity contribution in [3.63, 3.8) is 0 Å². The number of benzodiazepines with no additional fused rings is 1. The lowest BCUT2D eigenvalue weighted by Gasteiger charge is -2.37. The van der Waals surface area contributed by atoms with Crippen LogP contribution < -0.4 is 10.2 Å². The molecule has 1 aromatic heterocycles. The Morgan fingerprint density at radius 1 is 0.649 bits per heavy atom. The molecule has 1 aliphatic heterocycles. The fourth-order valence-corrected chi connectivity index (χ4v) is 7.87. The highest BCUT2D eigenvalue weighted by Crippen LogP contribution is 2.41. The number of halogens is 1. The quantitative estimate of drug-likeness (QED) is 0.150. The molecule has 0 spiro atoms. The predicted molar refractivity (Wildman–Crippen MR) is 222 cm³/mol. The van der Waals surface area contributed by atoms with Gasteiger partial charge in [0, 0.05) is 22.9 Å². The number of anilines is 1. The van der Waals surface area contributed by atoms with Crippen molar-refractivity contribution in [2.75, 3.05) is 4.90 Å². The second kappa shape index (κ2) is 15.0. The lowest BCUT2D eigenvalue weighted by molar-refractivity contribution is -0.120. The number of carbonyl (C=O) groups is 2. The molecule has 1 atom stereocenters. The van der Waals surface area contributed by atoms with Crippen LogP contribution in [0.4, 0.5) is 10.1 Å². The molecule has 276 valence electrons. The summed E-state index contributed by atoms with van der Waals surface area (Å²) in [5.74, 6) is -1.47. The maximum atomic E-state index is 15.6. The number of hydrogen-bond donors (Lipinski definition) is 1. The van der Waals surface area contributed by atoms with Gasteiger partial charge in [-0.05, 0) is 57.8 Å². The van der Waals surface area contributed by atoms with Crippen LogP contribution >= 0.6 is 0 Å². The van der Waals surface area contributed by atoms with E-state index in [-0.39, 0.29) is 17.8 Å². The number of hydrogen-bond acceptors (Lipinski definition) is 4. The SMILES string of the molecule is O=C(NC1N=C(c2ccccc2F)c2ccccc2N(Cc2cn(C(c3ccccc3)(c3ccccc3)c3ccccc3)cn2)C1=O)c1ccc2ccccc2c1. The minimum Gasteiger partial charge on any atom is -0.322 e. The summed E-state index contributed by atoms with van der Waals surface area (Å²) in [7, 11) is 0. The lowest BCUT2D eigenvalue weighted by atomic mass is 9.77. The summed E-state index contributed by atoms with van der Waals surface area (Å²) in [6.45, 7) is 0.0414. The third-order valence-electron chi connectivity index (χ3n) is 10.5. The van der Waals surface area contributed by atoms with Crippen molar-refractivity contribution in [2.24, 2.45) is 4.99 Å². The zero-order valence-electron chi connectivity index (χ0n) is 30.7. The van der Waals surface area contributed by atoms with Crippen LogP contribution in [-0.4, -0.2) is 33.2 Å². The van der Waals surface area contributed by atoms with Crippen LogP contribution in [0.15, 0.2) is 200 Å². The lowest BCUT2D eigenvalue weighted by Crippen LogP contribution is -2.47. The highest BCUT2D eigenvalue weighted by Gasteiger charge is 2.39. The first kappa shape index (κ1) is 35.3. The number of fused-ring (bicyclic) bond motifs is 2. The van der Waals surface area contributed by atoms with Gasteiger partial charge in [-0.3, -0.25) is 9.59 Å². The molecule has 8 aromatic rings. The number of aromatic nitrogens is 2. The molecule has 9 rings (SSSR count). The van der Waals surface area contributed by atoms with Crippen molar-refractivity contribution >= 4 is 34.0 Å². The number of para-hydroxylation sites is 1. The Morgan fingerprint density at radius 2 is 1.21 bits per heavy atom. The third-order valence-corrected chi connectivity index (χ3v) is 10.5. The van der Waals surface area contributed by atoms with Crippen LogP contribution in [0.2, 0.25) is 0 Å². The largest absolute Gasteiger partial charge is 0.322 e. The maximum Gasteiger partial charge on any atom is 0.272 e. The molecule has 0 radical (unpaired) electrons. The van der Waals surface area contributed by atoms with Crippen LogP contribution in [0.25, 0.3) is 10.8 Å². The molecular weight excluding hydrogens is 710 g/mol. The van der Waals surface area contributed by atoms with E-state index in [1.807, 2.05) is 115 Å². The Morgan fingerprint density at radius 3 is 1.86 bits per heavy atom. The average Bonchev–Trinajstić information content (AvgIpc) is 3.70. The number of amides is 2. The van der Waals surface area contributed by atoms with Crippen molar-refractivity contribution in [3.8, 4) is 0 Å². The van der Waals surface area contributed by atoms with Gasteiger partial charge < -0.3 is 14.8 Å². The van der Waals surface area contributed by atoms with Crippen LogP contribution in [0, 0.1) is 5.82 Å². The second-order valence-corrected chi connectivity index (χ2v) is 13.9. The smallest absolute Gasteiger partial charge is 0.272 e. The Bertz CT molecular complexity index is 2670. The van der Waals surface area contributed by atoms with Gasteiger partial charge >= 0.3 is 0 Å². The third kappa shape index (κ3) is 6.47. The number of nitrogens with zero attached hydrogens (tertiary/aromatic N) is 4. The van der Waals surface area contributed by atoms with E-state index in [2.05, 4.69) is 46.3 Å². The van der Waals surface area contributed by atoms with Crippen molar-refractivity contribution < 1.29 is 14.0 Å². The fraction of sp³-hybridized carbons (Fsp3) is 0.0612. The van der Waals surface area contributed by atoms with Gasteiger partial charge in [-0.15, -0.1) is 0 Å². The molecule has 7 aromatic carbocycles. The zero-order chi connectivity index (χ0) is 38.8. The van der Waals surface area contributed by atoms with Crippen molar-refractivity contribution in [3.05, 3.63) is 239 Å².